The fourth-order valence-corrected chi connectivity index (χ4v) is 4.22. The molecule has 2 aromatic heterocycles. The number of thioether (sulfide) groups is 1. The lowest BCUT2D eigenvalue weighted by Crippen LogP contribution is -2.01. The number of hydrogen-bond donors (Lipinski definition) is 0. The van der Waals surface area contributed by atoms with Crippen LogP contribution in [0.4, 0.5) is 4.39 Å². The van der Waals surface area contributed by atoms with Gasteiger partial charge in [-0.05, 0) is 43.5 Å². The van der Waals surface area contributed by atoms with Crippen LogP contribution in [0.5, 0.6) is 0 Å². The minimum absolute atomic E-state index is 0.260. The van der Waals surface area contributed by atoms with Crippen molar-refractivity contribution < 1.29 is 8.81 Å². The molecular weight excluding hydrogens is 375 g/mol. The molecule has 2 heterocycles. The van der Waals surface area contributed by atoms with Gasteiger partial charge in [0.15, 0.2) is 22.5 Å². The molecule has 0 N–H and O–H groups in total. The third-order valence-corrected chi connectivity index (χ3v) is 5.82. The molecule has 1 fully saturated rings. The number of hydrogen-bond acceptors (Lipinski definition) is 5. The molecule has 2 aromatic carbocycles. The topological polar surface area (TPSA) is 56.7 Å². The normalized spacial score (nSPS) is 14.0. The number of halogens is 1. The van der Waals surface area contributed by atoms with Gasteiger partial charge in [0.25, 0.3) is 0 Å². The first-order valence-electron chi connectivity index (χ1n) is 9.46. The van der Waals surface area contributed by atoms with Crippen molar-refractivity contribution in [2.75, 3.05) is 5.75 Å². The average Bonchev–Trinajstić information content (AvgIpc) is 3.32. The van der Waals surface area contributed by atoms with Gasteiger partial charge in [-0.15, -0.1) is 10.2 Å². The Kier molecular flexibility index (Phi) is 4.60. The molecule has 0 bridgehead atoms. The highest BCUT2D eigenvalue weighted by Gasteiger charge is 2.30. The van der Waals surface area contributed by atoms with Gasteiger partial charge in [0.1, 0.15) is 11.3 Å². The van der Waals surface area contributed by atoms with Gasteiger partial charge < -0.3 is 4.42 Å². The molecule has 4 aromatic rings. The summed E-state index contributed by atoms with van der Waals surface area (Å²) in [5, 5.41) is 9.50. The lowest BCUT2D eigenvalue weighted by molar-refractivity contribution is 0.526. The number of aromatic nitrogens is 4. The van der Waals surface area contributed by atoms with E-state index in [9.17, 15) is 4.39 Å². The van der Waals surface area contributed by atoms with Crippen molar-refractivity contribution in [2.24, 2.45) is 0 Å². The Morgan fingerprint density at radius 1 is 1.07 bits per heavy atom. The van der Waals surface area contributed by atoms with Crippen molar-refractivity contribution in [3.63, 3.8) is 0 Å². The van der Waals surface area contributed by atoms with E-state index in [0.29, 0.717) is 17.4 Å². The summed E-state index contributed by atoms with van der Waals surface area (Å²) in [6.07, 6.45) is 3.88. The first-order chi connectivity index (χ1) is 13.8. The molecule has 0 atom stereocenters. The quantitative estimate of drug-likeness (QED) is 0.315. The van der Waals surface area contributed by atoms with E-state index in [1.807, 2.05) is 30.3 Å². The molecule has 0 radical (unpaired) electrons. The maximum Gasteiger partial charge on any atom is 0.195 e. The summed E-state index contributed by atoms with van der Waals surface area (Å²) >= 11 is 1.66. The number of nitrogens with zero attached hydrogens (tertiary/aromatic N) is 4. The van der Waals surface area contributed by atoms with Crippen molar-refractivity contribution >= 4 is 22.9 Å². The Morgan fingerprint density at radius 2 is 1.89 bits per heavy atom. The Hall–Kier alpha value is -2.67. The molecule has 1 aliphatic carbocycles. The Bertz CT molecular complexity index is 1090. The zero-order valence-electron chi connectivity index (χ0n) is 15.2. The van der Waals surface area contributed by atoms with Crippen LogP contribution < -0.4 is 0 Å². The van der Waals surface area contributed by atoms with E-state index in [-0.39, 0.29) is 5.82 Å². The van der Waals surface area contributed by atoms with Crippen LogP contribution in [0, 0.1) is 5.82 Å². The highest BCUT2D eigenvalue weighted by Crippen LogP contribution is 2.41. The van der Waals surface area contributed by atoms with E-state index in [0.717, 1.165) is 53.6 Å². The highest BCUT2D eigenvalue weighted by molar-refractivity contribution is 7.99. The summed E-state index contributed by atoms with van der Waals surface area (Å²) in [4.78, 5) is 4.52. The average molecular weight is 394 g/mol. The lowest BCUT2D eigenvalue weighted by Gasteiger charge is -2.09. The zero-order valence-corrected chi connectivity index (χ0v) is 16.0. The minimum Gasteiger partial charge on any atom is -0.441 e. The van der Waals surface area contributed by atoms with Crippen LogP contribution in [0.15, 0.2) is 58.1 Å². The molecule has 5 nitrogen and oxygen atoms in total. The van der Waals surface area contributed by atoms with Gasteiger partial charge in [-0.1, -0.05) is 36.0 Å². The first kappa shape index (κ1) is 17.4. The van der Waals surface area contributed by atoms with Crippen LogP contribution >= 0.6 is 11.8 Å². The Labute approximate surface area is 166 Å². The predicted octanol–water partition coefficient (Wildman–Crippen LogP) is 5.29. The van der Waals surface area contributed by atoms with Crippen LogP contribution in [-0.2, 0) is 6.42 Å². The Morgan fingerprint density at radius 3 is 2.71 bits per heavy atom. The molecular formula is C21H19FN4OS. The summed E-state index contributed by atoms with van der Waals surface area (Å²) in [6.45, 7) is 0. The predicted molar refractivity (Wildman–Crippen MR) is 107 cm³/mol. The van der Waals surface area contributed by atoms with E-state index in [2.05, 4.69) is 19.7 Å². The fraction of sp³-hybridized carbons (Fsp3) is 0.286. The second kappa shape index (κ2) is 7.39. The van der Waals surface area contributed by atoms with Gasteiger partial charge in [-0.3, -0.25) is 4.57 Å². The van der Waals surface area contributed by atoms with Crippen LogP contribution in [-0.4, -0.2) is 25.5 Å². The van der Waals surface area contributed by atoms with Gasteiger partial charge in [0.05, 0.1) is 5.56 Å². The van der Waals surface area contributed by atoms with Crippen LogP contribution in [0.2, 0.25) is 0 Å². The smallest absolute Gasteiger partial charge is 0.195 e. The van der Waals surface area contributed by atoms with Gasteiger partial charge in [0.2, 0.25) is 0 Å². The number of fused-ring (bicyclic) bond motifs is 1. The molecule has 0 amide bonds. The molecule has 0 aliphatic heterocycles. The molecule has 0 spiro atoms. The number of oxazole rings is 1. The van der Waals surface area contributed by atoms with Crippen LogP contribution in [0.3, 0.4) is 0 Å². The molecule has 0 saturated heterocycles. The molecule has 5 rings (SSSR count). The minimum atomic E-state index is -0.260. The van der Waals surface area contributed by atoms with Crippen molar-refractivity contribution in [3.05, 3.63) is 60.2 Å². The van der Waals surface area contributed by atoms with Crippen LogP contribution in [0.1, 0.15) is 31.2 Å². The van der Waals surface area contributed by atoms with Gasteiger partial charge in [-0.2, -0.15) is 0 Å². The van der Waals surface area contributed by atoms with Gasteiger partial charge >= 0.3 is 0 Å². The third kappa shape index (κ3) is 3.42. The molecule has 0 unspecified atom stereocenters. The summed E-state index contributed by atoms with van der Waals surface area (Å²) < 4.78 is 22.1. The molecule has 142 valence electrons. The van der Waals surface area contributed by atoms with Crippen molar-refractivity contribution in [1.82, 2.24) is 19.7 Å². The maximum absolute atomic E-state index is 14.2. The maximum atomic E-state index is 14.2. The molecule has 1 saturated carbocycles. The SMILES string of the molecule is Fc1ccccc1-c1nnc(SCCCc2nc3ccccc3o2)n1C1CC1. The van der Waals surface area contributed by atoms with E-state index in [1.54, 1.807) is 23.9 Å². The number of aryl methyl sites for hydroxylation is 1. The van der Waals surface area contributed by atoms with E-state index < -0.39 is 0 Å². The standard InChI is InChI=1S/C21H19FN4OS/c22-16-7-2-1-6-15(16)20-24-25-21(26(20)14-11-12-14)28-13-5-10-19-23-17-8-3-4-9-18(17)27-19/h1-4,6-9,14H,5,10-13H2. The van der Waals surface area contributed by atoms with Crippen molar-refractivity contribution in [1.29, 1.82) is 0 Å². The number of para-hydroxylation sites is 2. The highest BCUT2D eigenvalue weighted by atomic mass is 32.2. The van der Waals surface area contributed by atoms with Crippen molar-refractivity contribution in [2.45, 2.75) is 36.9 Å². The van der Waals surface area contributed by atoms with Crippen LogP contribution in [0.25, 0.3) is 22.5 Å². The monoisotopic (exact) mass is 394 g/mol. The zero-order chi connectivity index (χ0) is 18.9. The summed E-state index contributed by atoms with van der Waals surface area (Å²) in [7, 11) is 0. The van der Waals surface area contributed by atoms with E-state index in [1.165, 1.54) is 6.07 Å². The van der Waals surface area contributed by atoms with Crippen molar-refractivity contribution in [3.8, 4) is 11.4 Å². The second-order valence-corrected chi connectivity index (χ2v) is 7.98. The lowest BCUT2D eigenvalue weighted by atomic mass is 10.2. The second-order valence-electron chi connectivity index (χ2n) is 6.91. The van der Waals surface area contributed by atoms with Gasteiger partial charge in [-0.25, -0.2) is 9.37 Å². The summed E-state index contributed by atoms with van der Waals surface area (Å²) in [5.74, 6) is 2.00. The fourth-order valence-electron chi connectivity index (χ4n) is 3.28. The van der Waals surface area contributed by atoms with E-state index >= 15 is 0 Å². The summed E-state index contributed by atoms with van der Waals surface area (Å²) in [6, 6.07) is 14.9. The molecule has 7 heteroatoms. The first-order valence-corrected chi connectivity index (χ1v) is 10.5. The third-order valence-electron chi connectivity index (χ3n) is 4.80. The largest absolute Gasteiger partial charge is 0.441 e. The number of benzene rings is 2. The Balaban J connectivity index is 1.27. The van der Waals surface area contributed by atoms with Gasteiger partial charge in [0, 0.05) is 18.2 Å². The van der Waals surface area contributed by atoms with E-state index in [4.69, 9.17) is 4.42 Å². The molecule has 28 heavy (non-hydrogen) atoms. The number of rotatable bonds is 7. The molecule has 1 aliphatic rings. The summed E-state index contributed by atoms with van der Waals surface area (Å²) in [5.41, 5.74) is 2.24.